The molecule has 176 valence electrons. The summed E-state index contributed by atoms with van der Waals surface area (Å²) in [4.78, 5) is 12.5. The standard InChI is InChI=1S/C21H25N5O5S2/c27-21(17-4-6-20(7-5-17)33(30,31)25-12-2-1-3-13-25)22-11-15-32(28,29)24-18-9-14-26-19(16-18)8-10-23-26/h4-10,14,16,24H,1-3,11-13,15H2,(H,22,27). The number of anilines is 1. The van der Waals surface area contributed by atoms with Gasteiger partial charge >= 0.3 is 0 Å². The second-order valence-corrected chi connectivity index (χ2v) is 11.6. The van der Waals surface area contributed by atoms with Gasteiger partial charge in [0, 0.05) is 37.6 Å². The highest BCUT2D eigenvalue weighted by Gasteiger charge is 2.26. The largest absolute Gasteiger partial charge is 0.351 e. The van der Waals surface area contributed by atoms with E-state index in [1.54, 1.807) is 35.1 Å². The summed E-state index contributed by atoms with van der Waals surface area (Å²) in [5.41, 5.74) is 1.40. The van der Waals surface area contributed by atoms with Crippen molar-refractivity contribution in [2.75, 3.05) is 30.1 Å². The smallest absolute Gasteiger partial charge is 0.251 e. The number of aromatic nitrogens is 2. The van der Waals surface area contributed by atoms with Crippen molar-refractivity contribution in [3.63, 3.8) is 0 Å². The van der Waals surface area contributed by atoms with Crippen LogP contribution in [0.2, 0.25) is 0 Å². The third-order valence-electron chi connectivity index (χ3n) is 5.40. The fourth-order valence-corrected chi connectivity index (χ4v) is 6.13. The SMILES string of the molecule is O=C(NCCS(=O)(=O)Nc1ccn2nccc2c1)c1ccc(S(=O)(=O)N2CCCCC2)cc1. The highest BCUT2D eigenvalue weighted by molar-refractivity contribution is 7.92. The van der Waals surface area contributed by atoms with Crippen LogP contribution in [0, 0.1) is 0 Å². The second kappa shape index (κ2) is 9.49. The van der Waals surface area contributed by atoms with E-state index in [0.29, 0.717) is 18.8 Å². The van der Waals surface area contributed by atoms with Gasteiger partial charge in [-0.3, -0.25) is 9.52 Å². The van der Waals surface area contributed by atoms with E-state index in [4.69, 9.17) is 0 Å². The van der Waals surface area contributed by atoms with Crippen LogP contribution in [0.15, 0.2) is 59.8 Å². The molecule has 0 atom stereocenters. The summed E-state index contributed by atoms with van der Waals surface area (Å²) >= 11 is 0. The van der Waals surface area contributed by atoms with Gasteiger partial charge < -0.3 is 5.32 Å². The van der Waals surface area contributed by atoms with Gasteiger partial charge in [0.05, 0.1) is 21.9 Å². The molecule has 1 saturated heterocycles. The molecule has 33 heavy (non-hydrogen) atoms. The molecule has 3 heterocycles. The number of amides is 1. The lowest BCUT2D eigenvalue weighted by atomic mass is 10.2. The van der Waals surface area contributed by atoms with Crippen molar-refractivity contribution in [3.05, 3.63) is 60.4 Å². The minimum atomic E-state index is -3.68. The van der Waals surface area contributed by atoms with Crippen LogP contribution in [0.4, 0.5) is 5.69 Å². The first-order chi connectivity index (χ1) is 15.7. The van der Waals surface area contributed by atoms with Crippen molar-refractivity contribution >= 4 is 37.2 Å². The number of rotatable bonds is 8. The van der Waals surface area contributed by atoms with Gasteiger partial charge in [0.25, 0.3) is 5.91 Å². The Morgan fingerprint density at radius 3 is 2.42 bits per heavy atom. The fourth-order valence-electron chi connectivity index (χ4n) is 3.65. The van der Waals surface area contributed by atoms with Crippen molar-refractivity contribution < 1.29 is 21.6 Å². The van der Waals surface area contributed by atoms with Crippen molar-refractivity contribution in [2.45, 2.75) is 24.2 Å². The predicted octanol–water partition coefficient (Wildman–Crippen LogP) is 1.68. The lowest BCUT2D eigenvalue weighted by Crippen LogP contribution is -2.35. The van der Waals surface area contributed by atoms with Gasteiger partial charge in [0.2, 0.25) is 20.0 Å². The van der Waals surface area contributed by atoms with E-state index in [1.807, 2.05) is 0 Å². The molecule has 0 radical (unpaired) electrons. The van der Waals surface area contributed by atoms with Crippen molar-refractivity contribution in [1.82, 2.24) is 19.2 Å². The van der Waals surface area contributed by atoms with Gasteiger partial charge in [-0.1, -0.05) is 6.42 Å². The first-order valence-electron chi connectivity index (χ1n) is 10.6. The molecule has 0 unspecified atom stereocenters. The van der Waals surface area contributed by atoms with E-state index in [9.17, 15) is 21.6 Å². The van der Waals surface area contributed by atoms with E-state index in [0.717, 1.165) is 24.8 Å². The van der Waals surface area contributed by atoms with Crippen molar-refractivity contribution in [3.8, 4) is 0 Å². The lowest BCUT2D eigenvalue weighted by Gasteiger charge is -2.25. The Morgan fingerprint density at radius 1 is 0.970 bits per heavy atom. The van der Waals surface area contributed by atoms with E-state index >= 15 is 0 Å². The normalized spacial score (nSPS) is 15.4. The first kappa shape index (κ1) is 23.2. The number of benzene rings is 1. The zero-order valence-electron chi connectivity index (χ0n) is 17.8. The molecular formula is C21H25N5O5S2. The zero-order chi connectivity index (χ0) is 23.5. The van der Waals surface area contributed by atoms with Crippen LogP contribution in [0.3, 0.4) is 0 Å². The summed E-state index contributed by atoms with van der Waals surface area (Å²) in [5.74, 6) is -0.794. The Hall–Kier alpha value is -2.96. The average Bonchev–Trinajstić information content (AvgIpc) is 3.27. The Labute approximate surface area is 192 Å². The molecule has 0 bridgehead atoms. The molecule has 4 rings (SSSR count). The number of fused-ring (bicyclic) bond motifs is 1. The molecule has 0 saturated carbocycles. The summed E-state index contributed by atoms with van der Waals surface area (Å²) in [6.07, 6.45) is 5.96. The number of hydrogen-bond donors (Lipinski definition) is 2. The maximum absolute atomic E-state index is 12.7. The molecule has 12 heteroatoms. The number of nitrogens with one attached hydrogen (secondary N) is 2. The molecular weight excluding hydrogens is 466 g/mol. The Morgan fingerprint density at radius 2 is 1.70 bits per heavy atom. The summed E-state index contributed by atoms with van der Waals surface area (Å²) in [6.45, 7) is 0.906. The number of piperidine rings is 1. The Balaban J connectivity index is 1.31. The average molecular weight is 492 g/mol. The third kappa shape index (κ3) is 5.52. The van der Waals surface area contributed by atoms with Crippen molar-refractivity contribution in [1.29, 1.82) is 0 Å². The van der Waals surface area contributed by atoms with Crippen LogP contribution in [0.1, 0.15) is 29.6 Å². The fraction of sp³-hybridized carbons (Fsp3) is 0.333. The number of carbonyl (C=O) groups excluding carboxylic acids is 1. The predicted molar refractivity (Wildman–Crippen MR) is 124 cm³/mol. The van der Waals surface area contributed by atoms with Crippen LogP contribution >= 0.6 is 0 Å². The third-order valence-corrected chi connectivity index (χ3v) is 8.60. The van der Waals surface area contributed by atoms with Gasteiger partial charge in [0.15, 0.2) is 0 Å². The van der Waals surface area contributed by atoms with E-state index in [1.165, 1.54) is 28.6 Å². The summed E-state index contributed by atoms with van der Waals surface area (Å²) < 4.78 is 55.6. The molecule has 1 aliphatic rings. The molecule has 1 aliphatic heterocycles. The molecule has 1 fully saturated rings. The Kier molecular flexibility index (Phi) is 6.68. The lowest BCUT2D eigenvalue weighted by molar-refractivity contribution is 0.0956. The quantitative estimate of drug-likeness (QED) is 0.493. The summed E-state index contributed by atoms with van der Waals surface area (Å²) in [7, 11) is -7.25. The molecule has 1 aromatic carbocycles. The monoisotopic (exact) mass is 491 g/mol. The molecule has 0 aliphatic carbocycles. The second-order valence-electron chi connectivity index (χ2n) is 7.78. The number of pyridine rings is 1. The van der Waals surface area contributed by atoms with Crippen LogP contribution in [0.5, 0.6) is 0 Å². The molecule has 1 amide bonds. The Bertz CT molecular complexity index is 1350. The minimum Gasteiger partial charge on any atom is -0.351 e. The number of nitrogens with zero attached hydrogens (tertiary/aromatic N) is 3. The molecule has 10 nitrogen and oxygen atoms in total. The number of hydrogen-bond acceptors (Lipinski definition) is 6. The van der Waals surface area contributed by atoms with Gasteiger partial charge in [-0.25, -0.2) is 21.4 Å². The highest BCUT2D eigenvalue weighted by atomic mass is 32.2. The number of carbonyl (C=O) groups is 1. The highest BCUT2D eigenvalue weighted by Crippen LogP contribution is 2.21. The van der Waals surface area contributed by atoms with E-state index in [-0.39, 0.29) is 22.8 Å². The molecule has 3 aromatic rings. The van der Waals surface area contributed by atoms with Gasteiger partial charge in [-0.15, -0.1) is 0 Å². The van der Waals surface area contributed by atoms with E-state index in [2.05, 4.69) is 15.1 Å². The van der Waals surface area contributed by atoms with Crippen LogP contribution in [-0.2, 0) is 20.0 Å². The van der Waals surface area contributed by atoms with Gasteiger partial charge in [-0.05, 0) is 55.3 Å². The number of sulfonamides is 2. The zero-order valence-corrected chi connectivity index (χ0v) is 19.5. The topological polar surface area (TPSA) is 130 Å². The minimum absolute atomic E-state index is 0.100. The van der Waals surface area contributed by atoms with Crippen molar-refractivity contribution in [2.24, 2.45) is 0 Å². The van der Waals surface area contributed by atoms with Gasteiger partial charge in [0.1, 0.15) is 0 Å². The van der Waals surface area contributed by atoms with Gasteiger partial charge in [-0.2, -0.15) is 9.40 Å². The summed E-state index contributed by atoms with van der Waals surface area (Å²) in [5, 5.41) is 6.61. The maximum atomic E-state index is 12.7. The molecule has 0 spiro atoms. The molecule has 2 N–H and O–H groups in total. The molecule has 2 aromatic heterocycles. The van der Waals surface area contributed by atoms with Crippen LogP contribution in [-0.4, -0.2) is 62.0 Å². The maximum Gasteiger partial charge on any atom is 0.251 e. The van der Waals surface area contributed by atoms with Crippen LogP contribution in [0.25, 0.3) is 5.52 Å². The van der Waals surface area contributed by atoms with Crippen LogP contribution < -0.4 is 10.0 Å². The van der Waals surface area contributed by atoms with E-state index < -0.39 is 26.0 Å². The summed E-state index contributed by atoms with van der Waals surface area (Å²) in [6, 6.07) is 10.7. The first-order valence-corrected chi connectivity index (χ1v) is 13.7.